The predicted molar refractivity (Wildman–Crippen MR) is 47.9 cm³/mol. The summed E-state index contributed by atoms with van der Waals surface area (Å²) in [4.78, 5) is 0. The summed E-state index contributed by atoms with van der Waals surface area (Å²) >= 11 is 0.400. The van der Waals surface area contributed by atoms with E-state index in [9.17, 15) is 0 Å². The van der Waals surface area contributed by atoms with E-state index in [1.807, 2.05) is 0 Å². The molecule has 0 bridgehead atoms. The molecule has 0 saturated heterocycles. The van der Waals surface area contributed by atoms with Gasteiger partial charge in [0.25, 0.3) is 0 Å². The van der Waals surface area contributed by atoms with Crippen molar-refractivity contribution in [3.05, 3.63) is 12.2 Å². The van der Waals surface area contributed by atoms with Gasteiger partial charge in [-0.1, -0.05) is 26.0 Å². The highest BCUT2D eigenvalue weighted by Crippen LogP contribution is 2.21. The Balaban J connectivity index is 2.59. The Hall–Kier alpha value is 0.340. The average Bonchev–Trinajstić information content (AvgIpc) is 1.77. The maximum absolute atomic E-state index is 2.35. The van der Waals surface area contributed by atoms with Crippen LogP contribution in [0, 0.1) is 5.92 Å². The molecule has 0 amide bonds. The summed E-state index contributed by atoms with van der Waals surface area (Å²) in [5.41, 5.74) is 0. The molecule has 1 rings (SSSR count). The fraction of sp³-hybridized carbons (Fsp3) is 0.571. The van der Waals surface area contributed by atoms with Crippen molar-refractivity contribution in [1.29, 1.82) is 0 Å². The van der Waals surface area contributed by atoms with Crippen LogP contribution in [-0.4, -0.2) is 7.94 Å². The van der Waals surface area contributed by atoms with Gasteiger partial charge in [-0.2, -0.15) is 0 Å². The number of alkyl halides is 1. The highest BCUT2D eigenvalue weighted by Gasteiger charge is 2.06. The van der Waals surface area contributed by atoms with Crippen LogP contribution in [0.3, 0.4) is 0 Å². The van der Waals surface area contributed by atoms with E-state index < -0.39 is 0 Å². The number of halogens is 1. The van der Waals surface area contributed by atoms with Crippen LogP contribution in [-0.2, 0) is 0 Å². The number of hydrogen-bond donors (Lipinski definition) is 0. The molecule has 1 heteroatoms. The minimum absolute atomic E-state index is 0.400. The topological polar surface area (TPSA) is 0 Å². The van der Waals surface area contributed by atoms with E-state index in [4.69, 9.17) is 0 Å². The summed E-state index contributed by atoms with van der Waals surface area (Å²) in [5, 5.41) is 0. The second kappa shape index (κ2) is 2.76. The monoisotopic (exact) mass is 222 g/mol. The normalized spacial score (nSPS) is 36.8. The van der Waals surface area contributed by atoms with E-state index in [1.54, 1.807) is 0 Å². The Labute approximate surface area is 60.7 Å². The summed E-state index contributed by atoms with van der Waals surface area (Å²) in [5.74, 6) is 0.841. The van der Waals surface area contributed by atoms with Crippen molar-refractivity contribution in [2.24, 2.45) is 5.92 Å². The zero-order valence-corrected chi connectivity index (χ0v) is 7.42. The first-order chi connectivity index (χ1) is 3.80. The molecule has 0 spiro atoms. The second-order valence-electron chi connectivity index (χ2n) is 2.17. The van der Waals surface area contributed by atoms with Crippen molar-refractivity contribution >= 4 is 24.7 Å². The summed E-state index contributed by atoms with van der Waals surface area (Å²) in [7, 11) is 0. The lowest BCUT2D eigenvalue weighted by Gasteiger charge is -2.12. The molecule has 0 N–H and O–H groups in total. The van der Waals surface area contributed by atoms with Crippen molar-refractivity contribution in [2.75, 3.05) is 0 Å². The predicted octanol–water partition coefficient (Wildman–Crippen LogP) is 2.35. The van der Waals surface area contributed by atoms with Crippen molar-refractivity contribution in [2.45, 2.75) is 17.8 Å². The van der Waals surface area contributed by atoms with Crippen LogP contribution in [0.5, 0.6) is 0 Å². The molecule has 0 aromatic rings. The molecule has 1 aliphatic rings. The van der Waals surface area contributed by atoms with Gasteiger partial charge in [-0.3, -0.25) is 0 Å². The third kappa shape index (κ3) is 1.41. The molecule has 1 unspecified atom stereocenters. The number of rotatable bonds is 0. The zero-order valence-electron chi connectivity index (χ0n) is 5.26. The van der Waals surface area contributed by atoms with Crippen molar-refractivity contribution in [1.82, 2.24) is 0 Å². The largest absolute Gasteiger partial charge is 0.119 e. The molecule has 1 heterocycles. The molecule has 0 fully saturated rings. The molecule has 0 aliphatic carbocycles. The number of hydrogen-bond acceptors (Lipinski definition) is 0. The van der Waals surface area contributed by atoms with Gasteiger partial charge in [0.1, 0.15) is 0 Å². The van der Waals surface area contributed by atoms with Gasteiger partial charge >= 0.3 is 0 Å². The molecule has 2 atom stereocenters. The van der Waals surface area contributed by atoms with Crippen LogP contribution in [0.1, 0.15) is 13.8 Å². The van der Waals surface area contributed by atoms with Crippen LogP contribution in [0.4, 0.5) is 0 Å². The second-order valence-corrected chi connectivity index (χ2v) is 5.58. The first-order valence-corrected chi connectivity index (χ1v) is 5.42. The Bertz CT molecular complexity index is 108. The molecule has 8 heavy (non-hydrogen) atoms. The molecular weight excluding hydrogens is 211 g/mol. The lowest BCUT2D eigenvalue weighted by molar-refractivity contribution is 0.738. The zero-order chi connectivity index (χ0) is 5.98. The van der Waals surface area contributed by atoms with Crippen LogP contribution < -0.4 is 0 Å². The molecule has 0 saturated carbocycles. The van der Waals surface area contributed by atoms with E-state index in [-0.39, 0.29) is 0 Å². The fourth-order valence-electron chi connectivity index (χ4n) is 0.642. The number of allylic oxidation sites excluding steroid dienone is 2. The highest BCUT2D eigenvalue weighted by atomic mass is 127. The van der Waals surface area contributed by atoms with Crippen LogP contribution in [0.15, 0.2) is 12.2 Å². The van der Waals surface area contributed by atoms with Gasteiger partial charge in [0, 0.05) is 3.92 Å². The van der Waals surface area contributed by atoms with E-state index in [2.05, 4.69) is 30.0 Å². The Kier molecular flexibility index (Phi) is 2.23. The van der Waals surface area contributed by atoms with Crippen molar-refractivity contribution in [3.8, 4) is 0 Å². The Morgan fingerprint density at radius 1 is 1.38 bits per heavy atom. The first-order valence-electron chi connectivity index (χ1n) is 2.92. The van der Waals surface area contributed by atoms with E-state index in [0.29, 0.717) is 20.7 Å². The van der Waals surface area contributed by atoms with Gasteiger partial charge in [-0.05, 0) is 9.93 Å². The van der Waals surface area contributed by atoms with Crippen molar-refractivity contribution < 1.29 is 0 Å². The van der Waals surface area contributed by atoms with Crippen LogP contribution in [0.2, 0.25) is 0 Å². The molecule has 46 valence electrons. The maximum atomic E-state index is 2.35. The average molecular weight is 222 g/mol. The van der Waals surface area contributed by atoms with Gasteiger partial charge in [0.2, 0.25) is 0 Å². The lowest BCUT2D eigenvalue weighted by Crippen LogP contribution is -2.05. The molecule has 0 radical (unpaired) electrons. The van der Waals surface area contributed by atoms with E-state index in [1.165, 1.54) is 0 Å². The minimum Gasteiger partial charge on any atom is -0.119 e. The highest BCUT2D eigenvalue weighted by molar-refractivity contribution is 14.2. The van der Waals surface area contributed by atoms with Gasteiger partial charge in [0.15, 0.2) is 0 Å². The first kappa shape index (κ1) is 6.46. The standard InChI is InChI=1S/C7H11I/c1-6-4-3-5-8-7(6)2/h3-7H,1-2H3/t6?,7-/m1/s1. The van der Waals surface area contributed by atoms with E-state index >= 15 is 0 Å². The molecular formula is C7H11I. The summed E-state index contributed by atoms with van der Waals surface area (Å²) in [6.45, 7) is 4.64. The minimum atomic E-state index is 0.400. The third-order valence-corrected chi connectivity index (χ3v) is 4.58. The molecule has 0 aromatic carbocycles. The van der Waals surface area contributed by atoms with Crippen LogP contribution >= 0.6 is 20.7 Å². The molecule has 0 aromatic heterocycles. The van der Waals surface area contributed by atoms with Gasteiger partial charge in [-0.15, -0.1) is 20.7 Å². The van der Waals surface area contributed by atoms with Crippen molar-refractivity contribution in [3.63, 3.8) is 0 Å². The Morgan fingerprint density at radius 2 is 2.12 bits per heavy atom. The molecule has 1 aliphatic heterocycles. The summed E-state index contributed by atoms with van der Waals surface area (Å²) < 4.78 is 3.32. The third-order valence-electron chi connectivity index (χ3n) is 1.48. The summed E-state index contributed by atoms with van der Waals surface area (Å²) in [6.07, 6.45) is 4.52. The van der Waals surface area contributed by atoms with Gasteiger partial charge in [-0.25, -0.2) is 0 Å². The van der Waals surface area contributed by atoms with Gasteiger partial charge in [0.05, 0.1) is 0 Å². The molecule has 0 nitrogen and oxygen atoms in total. The summed E-state index contributed by atoms with van der Waals surface area (Å²) in [6, 6.07) is 0. The maximum Gasteiger partial charge on any atom is 0.00940 e. The van der Waals surface area contributed by atoms with Gasteiger partial charge < -0.3 is 0 Å². The Morgan fingerprint density at radius 3 is 2.50 bits per heavy atom. The van der Waals surface area contributed by atoms with E-state index in [0.717, 1.165) is 9.84 Å². The fourth-order valence-corrected chi connectivity index (χ4v) is 2.67. The SMILES string of the molecule is CC1C=CC=I[C@@H]1C. The van der Waals surface area contributed by atoms with Crippen LogP contribution in [0.25, 0.3) is 0 Å². The lowest BCUT2D eigenvalue weighted by atomic mass is 10.1. The quantitative estimate of drug-likeness (QED) is 0.436. The smallest absolute Gasteiger partial charge is 0.00940 e.